The number of nitrogen functional groups attached to an aromatic ring is 1. The van der Waals surface area contributed by atoms with Gasteiger partial charge in [-0.1, -0.05) is 141 Å². The number of halogens is 1. The molecule has 0 aromatic carbocycles. The van der Waals surface area contributed by atoms with Crippen LogP contribution in [0.5, 0.6) is 0 Å². The average Bonchev–Trinajstić information content (AvgIpc) is 3.66. The molecule has 3 heterocycles. The number of carbonyl (C=O) groups excluding carboxylic acids is 1. The van der Waals surface area contributed by atoms with Gasteiger partial charge in [-0.25, -0.2) is 4.98 Å². The van der Waals surface area contributed by atoms with Crippen LogP contribution in [0.1, 0.15) is 167 Å². The van der Waals surface area contributed by atoms with Gasteiger partial charge in [0.25, 0.3) is 0 Å². The van der Waals surface area contributed by atoms with Crippen LogP contribution in [0.25, 0.3) is 11.2 Å². The van der Waals surface area contributed by atoms with E-state index in [4.69, 9.17) is 21.6 Å². The highest BCUT2D eigenvalue weighted by Gasteiger charge is 2.41. The summed E-state index contributed by atoms with van der Waals surface area (Å²) in [7, 11) is 0. The molecule has 1 aliphatic rings. The van der Waals surface area contributed by atoms with Crippen molar-refractivity contribution in [1.82, 2.24) is 19.5 Å². The number of imidazole rings is 1. The van der Waals surface area contributed by atoms with Gasteiger partial charge in [0.2, 0.25) is 0 Å². The van der Waals surface area contributed by atoms with Crippen LogP contribution in [-0.2, 0) is 14.3 Å². The average molecular weight is 628 g/mol. The van der Waals surface area contributed by atoms with Crippen LogP contribution in [0, 0.1) is 18.4 Å². The zero-order valence-electron chi connectivity index (χ0n) is 27.9. The van der Waals surface area contributed by atoms with E-state index in [1.165, 1.54) is 122 Å². The second-order valence-electron chi connectivity index (χ2n) is 12.9. The first-order valence-corrected chi connectivity index (χ1v) is 17.9. The maximum atomic E-state index is 13.7. The van der Waals surface area contributed by atoms with Crippen molar-refractivity contribution in [3.05, 3.63) is 12.4 Å². The smallest absolute Gasteiger partial charge is 0.312 e. The second kappa shape index (κ2) is 21.1. The Bertz CT molecular complexity index is 1170. The lowest BCUT2D eigenvalue weighted by Gasteiger charge is -2.23. The number of esters is 1. The molecule has 8 nitrogen and oxygen atoms in total. The summed E-state index contributed by atoms with van der Waals surface area (Å²) in [4.78, 5) is 23.9. The summed E-state index contributed by atoms with van der Waals surface area (Å²) >= 11 is 0. The third-order valence-corrected chi connectivity index (χ3v) is 9.10. The van der Waals surface area contributed by atoms with E-state index in [0.29, 0.717) is 24.8 Å². The SMILES string of the molecule is C#CC1(COC(=O)CCCCCCCCCCCCCCCCCCCCCCC)CCC(n2cnc3c(N)nc(F)nc32)O1. The Kier molecular flexibility index (Phi) is 17.3. The van der Waals surface area contributed by atoms with Crippen molar-refractivity contribution in [3.8, 4) is 12.3 Å². The number of ether oxygens (including phenoxy) is 2. The molecular formula is C36H58FN5O3. The van der Waals surface area contributed by atoms with Gasteiger partial charge < -0.3 is 15.2 Å². The van der Waals surface area contributed by atoms with Gasteiger partial charge in [0, 0.05) is 6.42 Å². The third kappa shape index (κ3) is 13.3. The van der Waals surface area contributed by atoms with Crippen molar-refractivity contribution in [2.24, 2.45) is 0 Å². The molecule has 2 N–H and O–H groups in total. The molecule has 1 saturated heterocycles. The molecule has 1 fully saturated rings. The Labute approximate surface area is 270 Å². The maximum absolute atomic E-state index is 13.7. The van der Waals surface area contributed by atoms with Crippen LogP contribution < -0.4 is 5.73 Å². The van der Waals surface area contributed by atoms with Gasteiger partial charge in [0.05, 0.1) is 6.33 Å². The van der Waals surface area contributed by atoms with E-state index in [-0.39, 0.29) is 24.0 Å². The summed E-state index contributed by atoms with van der Waals surface area (Å²) in [6.07, 6.45) is 35.2. The number of anilines is 1. The highest BCUT2D eigenvalue weighted by molar-refractivity contribution is 5.81. The minimum absolute atomic E-state index is 0.0177. The van der Waals surface area contributed by atoms with Gasteiger partial charge in [-0.15, -0.1) is 6.42 Å². The van der Waals surface area contributed by atoms with Crippen LogP contribution >= 0.6 is 0 Å². The van der Waals surface area contributed by atoms with Crippen LogP contribution in [0.15, 0.2) is 6.33 Å². The van der Waals surface area contributed by atoms with E-state index in [0.717, 1.165) is 19.3 Å². The van der Waals surface area contributed by atoms with E-state index in [2.05, 4.69) is 27.8 Å². The first-order valence-electron chi connectivity index (χ1n) is 17.9. The molecule has 2 aromatic rings. The van der Waals surface area contributed by atoms with Crippen molar-refractivity contribution in [1.29, 1.82) is 0 Å². The van der Waals surface area contributed by atoms with Crippen molar-refractivity contribution in [2.45, 2.75) is 173 Å². The molecule has 2 atom stereocenters. The fraction of sp³-hybridized carbons (Fsp3) is 0.778. The van der Waals surface area contributed by atoms with Crippen LogP contribution in [0.4, 0.5) is 10.2 Å². The number of nitrogens with zero attached hydrogens (tertiary/aromatic N) is 4. The predicted molar refractivity (Wildman–Crippen MR) is 179 cm³/mol. The maximum Gasteiger partial charge on any atom is 0.312 e. The quantitative estimate of drug-likeness (QED) is 0.0506. The monoisotopic (exact) mass is 627 g/mol. The molecule has 0 spiro atoms. The molecule has 0 bridgehead atoms. The molecule has 0 saturated carbocycles. The summed E-state index contributed by atoms with van der Waals surface area (Å²) in [6, 6.07) is 0. The van der Waals surface area contributed by atoms with Gasteiger partial charge in [-0.2, -0.15) is 14.4 Å². The van der Waals surface area contributed by atoms with Crippen molar-refractivity contribution in [3.63, 3.8) is 0 Å². The molecule has 9 heteroatoms. The van der Waals surface area contributed by atoms with E-state index >= 15 is 0 Å². The summed E-state index contributed by atoms with van der Waals surface area (Å²) in [6.45, 7) is 2.26. The number of unbranched alkanes of at least 4 members (excludes halogenated alkanes) is 20. The van der Waals surface area contributed by atoms with Crippen molar-refractivity contribution in [2.75, 3.05) is 12.3 Å². The largest absolute Gasteiger partial charge is 0.462 e. The van der Waals surface area contributed by atoms with Gasteiger partial charge in [-0.05, 0) is 19.3 Å². The van der Waals surface area contributed by atoms with E-state index in [1.54, 1.807) is 4.57 Å². The molecule has 0 aliphatic carbocycles. The molecule has 2 unspecified atom stereocenters. The lowest BCUT2D eigenvalue weighted by Crippen LogP contribution is -2.34. The summed E-state index contributed by atoms with van der Waals surface area (Å²) in [5.41, 5.74) is 5.26. The minimum atomic E-state index is -1.04. The van der Waals surface area contributed by atoms with Gasteiger partial charge in [0.1, 0.15) is 12.8 Å². The number of aromatic nitrogens is 4. The lowest BCUT2D eigenvalue weighted by molar-refractivity contribution is -0.152. The van der Waals surface area contributed by atoms with Crippen LogP contribution in [0.2, 0.25) is 0 Å². The Balaban J connectivity index is 1.13. The van der Waals surface area contributed by atoms with Gasteiger partial charge in [-0.3, -0.25) is 9.36 Å². The van der Waals surface area contributed by atoms with Crippen LogP contribution in [-0.4, -0.2) is 37.7 Å². The Morgan fingerprint density at radius 3 is 1.96 bits per heavy atom. The van der Waals surface area contributed by atoms with E-state index < -0.39 is 17.9 Å². The first-order chi connectivity index (χ1) is 22.0. The summed E-state index contributed by atoms with van der Waals surface area (Å²) < 4.78 is 27.0. The Hall–Kier alpha value is -2.73. The summed E-state index contributed by atoms with van der Waals surface area (Å²) in [5.74, 6) is 2.37. The van der Waals surface area contributed by atoms with Crippen LogP contribution in [0.3, 0.4) is 0 Å². The molecule has 0 radical (unpaired) electrons. The van der Waals surface area contributed by atoms with E-state index in [9.17, 15) is 9.18 Å². The fourth-order valence-corrected chi connectivity index (χ4v) is 6.28. The highest BCUT2D eigenvalue weighted by Crippen LogP contribution is 2.38. The van der Waals surface area contributed by atoms with Crippen molar-refractivity contribution >= 4 is 23.0 Å². The molecule has 1 aliphatic heterocycles. The second-order valence-corrected chi connectivity index (χ2v) is 12.9. The Morgan fingerprint density at radius 2 is 1.44 bits per heavy atom. The zero-order valence-corrected chi connectivity index (χ0v) is 27.9. The van der Waals surface area contributed by atoms with Crippen molar-refractivity contribution < 1.29 is 18.7 Å². The molecule has 252 valence electrons. The molecule has 3 rings (SSSR count). The number of terminal acetylenes is 1. The number of fused-ring (bicyclic) bond motifs is 1. The normalized spacial score (nSPS) is 18.0. The molecular weight excluding hydrogens is 569 g/mol. The zero-order chi connectivity index (χ0) is 32.2. The molecule has 45 heavy (non-hydrogen) atoms. The van der Waals surface area contributed by atoms with E-state index in [1.807, 2.05) is 0 Å². The summed E-state index contributed by atoms with van der Waals surface area (Å²) in [5, 5.41) is 0. The van der Waals surface area contributed by atoms with Gasteiger partial charge in [0.15, 0.2) is 22.6 Å². The number of nitrogens with two attached hydrogens (primary N) is 1. The number of carbonyl (C=O) groups is 1. The third-order valence-electron chi connectivity index (χ3n) is 9.10. The predicted octanol–water partition coefficient (Wildman–Crippen LogP) is 9.37. The highest BCUT2D eigenvalue weighted by atomic mass is 19.1. The number of hydrogen-bond donors (Lipinski definition) is 1. The number of hydrogen-bond acceptors (Lipinski definition) is 7. The Morgan fingerprint density at radius 1 is 0.933 bits per heavy atom. The number of rotatable bonds is 25. The minimum Gasteiger partial charge on any atom is -0.462 e. The molecule has 0 amide bonds. The standard InChI is InChI=1S/C36H58FN5O3/c1-3-5-6-7-8-9-10-11-12-13-14-15-16-17-18-19-20-21-22-23-24-25-31(43)44-28-36(4-2)27-26-30(45-36)42-29-39-32-33(38)40-35(37)41-34(32)42/h2,29-30H,3,5-28H2,1H3,(H2,38,40,41). The lowest BCUT2D eigenvalue weighted by atomic mass is 10.0. The topological polar surface area (TPSA) is 105 Å². The fourth-order valence-electron chi connectivity index (χ4n) is 6.28. The molecule has 2 aromatic heterocycles. The van der Waals surface area contributed by atoms with Gasteiger partial charge >= 0.3 is 12.0 Å². The first kappa shape index (κ1) is 36.7.